The number of fused-ring (bicyclic) bond motifs is 1. The van der Waals surface area contributed by atoms with E-state index < -0.39 is 7.12 Å². The first-order chi connectivity index (χ1) is 11.8. The maximum atomic E-state index is 12.9. The lowest BCUT2D eigenvalue weighted by molar-refractivity contribution is 0.00578. The van der Waals surface area contributed by atoms with Crippen molar-refractivity contribution in [2.45, 2.75) is 64.3 Å². The molecule has 0 saturated carbocycles. The van der Waals surface area contributed by atoms with Gasteiger partial charge in [0, 0.05) is 31.4 Å². The van der Waals surface area contributed by atoms with Gasteiger partial charge in [-0.2, -0.15) is 0 Å². The van der Waals surface area contributed by atoms with Crippen molar-refractivity contribution in [3.8, 4) is 0 Å². The molecule has 2 fully saturated rings. The van der Waals surface area contributed by atoms with Crippen LogP contribution < -0.4 is 5.46 Å². The van der Waals surface area contributed by atoms with E-state index in [-0.39, 0.29) is 23.2 Å². The van der Waals surface area contributed by atoms with Gasteiger partial charge in [0.05, 0.1) is 11.2 Å². The SMILES string of the molecule is CC1(C)OB(c2cccc3c2CN(C2CCOCC2)C3=O)OC1(C)C. The minimum atomic E-state index is -0.428. The van der Waals surface area contributed by atoms with Crippen molar-refractivity contribution in [2.24, 2.45) is 0 Å². The van der Waals surface area contributed by atoms with Gasteiger partial charge in [-0.1, -0.05) is 12.1 Å². The smallest absolute Gasteiger partial charge is 0.399 e. The van der Waals surface area contributed by atoms with E-state index in [4.69, 9.17) is 14.0 Å². The monoisotopic (exact) mass is 343 g/mol. The summed E-state index contributed by atoms with van der Waals surface area (Å²) in [4.78, 5) is 14.9. The van der Waals surface area contributed by atoms with Gasteiger partial charge in [0.15, 0.2) is 0 Å². The zero-order valence-corrected chi connectivity index (χ0v) is 15.5. The van der Waals surface area contributed by atoms with E-state index >= 15 is 0 Å². The van der Waals surface area contributed by atoms with Gasteiger partial charge in [-0.3, -0.25) is 4.79 Å². The number of hydrogen-bond acceptors (Lipinski definition) is 4. The molecule has 2 saturated heterocycles. The van der Waals surface area contributed by atoms with Gasteiger partial charge < -0.3 is 18.9 Å². The Kier molecular flexibility index (Phi) is 3.98. The normalized spacial score (nSPS) is 25.5. The molecule has 3 aliphatic rings. The summed E-state index contributed by atoms with van der Waals surface area (Å²) in [6.07, 6.45) is 1.82. The maximum Gasteiger partial charge on any atom is 0.495 e. The van der Waals surface area contributed by atoms with E-state index in [0.717, 1.165) is 42.6 Å². The van der Waals surface area contributed by atoms with Gasteiger partial charge in [-0.15, -0.1) is 0 Å². The van der Waals surface area contributed by atoms with E-state index in [9.17, 15) is 4.79 Å². The third kappa shape index (κ3) is 2.71. The van der Waals surface area contributed by atoms with E-state index in [0.29, 0.717) is 6.54 Å². The highest BCUT2D eigenvalue weighted by Gasteiger charge is 2.53. The molecule has 0 atom stereocenters. The van der Waals surface area contributed by atoms with Crippen molar-refractivity contribution in [3.63, 3.8) is 0 Å². The van der Waals surface area contributed by atoms with Crippen LogP contribution >= 0.6 is 0 Å². The van der Waals surface area contributed by atoms with Crippen molar-refractivity contribution in [1.82, 2.24) is 4.90 Å². The Hall–Kier alpha value is -1.37. The molecule has 0 N–H and O–H groups in total. The summed E-state index contributed by atoms with van der Waals surface area (Å²) in [5, 5.41) is 0. The highest BCUT2D eigenvalue weighted by molar-refractivity contribution is 6.62. The molecule has 134 valence electrons. The number of ether oxygens (including phenoxy) is 1. The fourth-order valence-corrected chi connectivity index (χ4v) is 3.86. The molecule has 6 heteroatoms. The third-order valence-electron chi connectivity index (χ3n) is 6.17. The summed E-state index contributed by atoms with van der Waals surface area (Å²) in [5.41, 5.74) is 2.06. The molecule has 3 heterocycles. The van der Waals surface area contributed by atoms with Crippen LogP contribution in [-0.2, 0) is 20.6 Å². The number of benzene rings is 1. The van der Waals surface area contributed by atoms with E-state index in [1.165, 1.54) is 0 Å². The molecule has 0 unspecified atom stereocenters. The zero-order chi connectivity index (χ0) is 17.8. The van der Waals surface area contributed by atoms with Crippen LogP contribution in [0.5, 0.6) is 0 Å². The van der Waals surface area contributed by atoms with Gasteiger partial charge in [-0.05, 0) is 57.6 Å². The second kappa shape index (κ2) is 5.83. The summed E-state index contributed by atoms with van der Waals surface area (Å²) in [7, 11) is -0.428. The van der Waals surface area contributed by atoms with Gasteiger partial charge in [0.1, 0.15) is 0 Å². The number of carbonyl (C=O) groups is 1. The Bertz CT molecular complexity index is 681. The lowest BCUT2D eigenvalue weighted by atomic mass is 9.75. The van der Waals surface area contributed by atoms with Crippen LogP contribution in [0.1, 0.15) is 56.5 Å². The first kappa shape index (κ1) is 17.1. The molecular formula is C19H26BNO4. The van der Waals surface area contributed by atoms with Crippen LogP contribution in [-0.4, -0.2) is 48.4 Å². The van der Waals surface area contributed by atoms with Gasteiger partial charge in [0.25, 0.3) is 5.91 Å². The fraction of sp³-hybridized carbons (Fsp3) is 0.632. The Morgan fingerprint density at radius 3 is 2.36 bits per heavy atom. The molecule has 5 nitrogen and oxygen atoms in total. The summed E-state index contributed by atoms with van der Waals surface area (Å²) in [6, 6.07) is 6.15. The molecule has 0 spiro atoms. The molecular weight excluding hydrogens is 317 g/mol. The first-order valence-corrected chi connectivity index (χ1v) is 9.16. The highest BCUT2D eigenvalue weighted by atomic mass is 16.7. The van der Waals surface area contributed by atoms with Crippen LogP contribution in [0, 0.1) is 0 Å². The van der Waals surface area contributed by atoms with Gasteiger partial charge >= 0.3 is 7.12 Å². The summed E-state index contributed by atoms with van der Waals surface area (Å²) < 4.78 is 17.9. The average Bonchev–Trinajstić information content (AvgIpc) is 3.02. The van der Waals surface area contributed by atoms with Crippen molar-refractivity contribution in [2.75, 3.05) is 13.2 Å². The Labute approximate surface area is 149 Å². The first-order valence-electron chi connectivity index (χ1n) is 9.16. The molecule has 0 bridgehead atoms. The van der Waals surface area contributed by atoms with Crippen molar-refractivity contribution in [1.29, 1.82) is 0 Å². The van der Waals surface area contributed by atoms with Gasteiger partial charge in [-0.25, -0.2) is 0 Å². The van der Waals surface area contributed by atoms with Crippen molar-refractivity contribution < 1.29 is 18.8 Å². The topological polar surface area (TPSA) is 48.0 Å². The van der Waals surface area contributed by atoms with Crippen LogP contribution in [0.25, 0.3) is 0 Å². The molecule has 1 aromatic carbocycles. The zero-order valence-electron chi connectivity index (χ0n) is 15.5. The van der Waals surface area contributed by atoms with Crippen molar-refractivity contribution in [3.05, 3.63) is 29.3 Å². The minimum absolute atomic E-state index is 0.125. The quantitative estimate of drug-likeness (QED) is 0.772. The number of rotatable bonds is 2. The number of hydrogen-bond donors (Lipinski definition) is 0. The van der Waals surface area contributed by atoms with Crippen LogP contribution in [0.4, 0.5) is 0 Å². The van der Waals surface area contributed by atoms with E-state index in [1.54, 1.807) is 0 Å². The average molecular weight is 343 g/mol. The predicted molar refractivity (Wildman–Crippen MR) is 95.9 cm³/mol. The van der Waals surface area contributed by atoms with Crippen LogP contribution in [0.2, 0.25) is 0 Å². The molecule has 4 rings (SSSR count). The largest absolute Gasteiger partial charge is 0.495 e. The molecule has 0 aliphatic carbocycles. The number of amides is 1. The minimum Gasteiger partial charge on any atom is -0.399 e. The molecule has 0 aromatic heterocycles. The predicted octanol–water partition coefficient (Wildman–Crippen LogP) is 2.12. The lowest BCUT2D eigenvalue weighted by Gasteiger charge is -2.32. The summed E-state index contributed by atoms with van der Waals surface area (Å²) in [6.45, 7) is 10.3. The van der Waals surface area contributed by atoms with E-state index in [2.05, 4.69) is 27.7 Å². The van der Waals surface area contributed by atoms with Crippen LogP contribution in [0.15, 0.2) is 18.2 Å². The summed E-state index contributed by atoms with van der Waals surface area (Å²) >= 11 is 0. The number of nitrogens with zero attached hydrogens (tertiary/aromatic N) is 1. The van der Waals surface area contributed by atoms with E-state index in [1.807, 2.05) is 23.1 Å². The Balaban J connectivity index is 1.64. The Morgan fingerprint density at radius 2 is 1.72 bits per heavy atom. The lowest BCUT2D eigenvalue weighted by Crippen LogP contribution is -2.41. The van der Waals surface area contributed by atoms with Crippen molar-refractivity contribution >= 4 is 18.5 Å². The van der Waals surface area contributed by atoms with Crippen LogP contribution in [0.3, 0.4) is 0 Å². The molecule has 1 amide bonds. The highest BCUT2D eigenvalue weighted by Crippen LogP contribution is 2.37. The van der Waals surface area contributed by atoms with Gasteiger partial charge in [0.2, 0.25) is 0 Å². The second-order valence-corrected chi connectivity index (χ2v) is 8.24. The third-order valence-corrected chi connectivity index (χ3v) is 6.17. The summed E-state index contributed by atoms with van der Waals surface area (Å²) in [5.74, 6) is 0.125. The number of carbonyl (C=O) groups excluding carboxylic acids is 1. The molecule has 0 radical (unpaired) electrons. The second-order valence-electron chi connectivity index (χ2n) is 8.24. The maximum absolute atomic E-state index is 12.9. The molecule has 3 aliphatic heterocycles. The standard InChI is InChI=1S/C19H26BNO4/c1-18(2)19(3,4)25-20(24-18)16-7-5-6-14-15(16)12-21(17(14)22)13-8-10-23-11-9-13/h5-7,13H,8-12H2,1-4H3. The molecule has 1 aromatic rings. The Morgan fingerprint density at radius 1 is 1.08 bits per heavy atom. The molecule has 25 heavy (non-hydrogen) atoms. The fourth-order valence-electron chi connectivity index (χ4n) is 3.86.